The van der Waals surface area contributed by atoms with E-state index in [0.29, 0.717) is 24.5 Å². The van der Waals surface area contributed by atoms with Gasteiger partial charge in [0.15, 0.2) is 0 Å². The Labute approximate surface area is 202 Å². The van der Waals surface area contributed by atoms with E-state index < -0.39 is 10.0 Å². The Balaban J connectivity index is 1.61. The summed E-state index contributed by atoms with van der Waals surface area (Å²) in [4.78, 5) is 17.7. The molecule has 0 aliphatic carbocycles. The minimum Gasteiger partial charge on any atom is -0.497 e. The zero-order chi connectivity index (χ0) is 24.1. The van der Waals surface area contributed by atoms with Crippen molar-refractivity contribution in [3.63, 3.8) is 0 Å². The molecular formula is C25H34N4O4S. The normalized spacial score (nSPS) is 18.0. The van der Waals surface area contributed by atoms with E-state index in [1.54, 1.807) is 23.5 Å². The molecule has 8 nitrogen and oxygen atoms in total. The fourth-order valence-electron chi connectivity index (χ4n) is 4.52. The molecule has 2 aromatic carbocycles. The first-order valence-electron chi connectivity index (χ1n) is 11.9. The molecular weight excluding hydrogens is 452 g/mol. The van der Waals surface area contributed by atoms with Crippen LogP contribution in [0.3, 0.4) is 0 Å². The summed E-state index contributed by atoms with van der Waals surface area (Å²) in [6.07, 6.45) is 2.98. The molecule has 2 aliphatic rings. The van der Waals surface area contributed by atoms with Crippen molar-refractivity contribution in [2.75, 3.05) is 63.6 Å². The van der Waals surface area contributed by atoms with E-state index in [4.69, 9.17) is 4.74 Å². The molecule has 0 saturated carbocycles. The number of carbonyl (C=O) groups excluding carboxylic acids is 1. The first-order valence-corrected chi connectivity index (χ1v) is 13.3. The molecule has 0 radical (unpaired) electrons. The van der Waals surface area contributed by atoms with Crippen LogP contribution in [0.4, 0.5) is 11.4 Å². The first kappa shape index (κ1) is 24.5. The predicted molar refractivity (Wildman–Crippen MR) is 134 cm³/mol. The summed E-state index contributed by atoms with van der Waals surface area (Å²) in [5.41, 5.74) is 2.22. The zero-order valence-electron chi connectivity index (χ0n) is 20.0. The van der Waals surface area contributed by atoms with E-state index in [1.165, 1.54) is 0 Å². The van der Waals surface area contributed by atoms with Gasteiger partial charge in [-0.05, 0) is 55.8 Å². The maximum absolute atomic E-state index is 13.3. The lowest BCUT2D eigenvalue weighted by Crippen LogP contribution is -2.44. The molecule has 2 heterocycles. The van der Waals surface area contributed by atoms with E-state index in [9.17, 15) is 13.2 Å². The van der Waals surface area contributed by atoms with Crippen LogP contribution in [0, 0.1) is 0 Å². The van der Waals surface area contributed by atoms with Gasteiger partial charge in [0.25, 0.3) is 0 Å². The topological polar surface area (TPSA) is 82.2 Å². The van der Waals surface area contributed by atoms with E-state index in [0.717, 1.165) is 56.7 Å². The van der Waals surface area contributed by atoms with Crippen molar-refractivity contribution in [1.29, 1.82) is 0 Å². The van der Waals surface area contributed by atoms with Crippen molar-refractivity contribution in [2.24, 2.45) is 0 Å². The summed E-state index contributed by atoms with van der Waals surface area (Å²) in [7, 11) is 0.0731. The fraction of sp³-hybridized carbons (Fsp3) is 0.480. The van der Waals surface area contributed by atoms with Crippen LogP contribution in [-0.2, 0) is 21.2 Å². The molecule has 4 rings (SSSR count). The number of anilines is 2. The van der Waals surface area contributed by atoms with Crippen LogP contribution in [0.1, 0.15) is 24.8 Å². The van der Waals surface area contributed by atoms with Gasteiger partial charge in [0.2, 0.25) is 15.9 Å². The summed E-state index contributed by atoms with van der Waals surface area (Å²) in [6.45, 7) is 4.52. The average Bonchev–Trinajstić information content (AvgIpc) is 2.85. The third-order valence-electron chi connectivity index (χ3n) is 6.54. The Morgan fingerprint density at radius 3 is 2.41 bits per heavy atom. The number of hydrogen-bond donors (Lipinski definition) is 1. The van der Waals surface area contributed by atoms with Crippen molar-refractivity contribution in [3.8, 4) is 5.75 Å². The van der Waals surface area contributed by atoms with Gasteiger partial charge in [0.1, 0.15) is 5.75 Å². The van der Waals surface area contributed by atoms with Crippen LogP contribution in [0.15, 0.2) is 47.4 Å². The standard InChI is InChI=1S/C25H34N4O4S/c1-27-13-15-28(16-14-27)24-10-9-22(34(31,32)29-11-4-3-5-12-29)19-23(24)26-25(30)18-20-7-6-8-21(17-20)33-2/h6-10,17,19H,3-5,11-16,18H2,1-2H3,(H,26,30). The number of benzene rings is 2. The lowest BCUT2D eigenvalue weighted by atomic mass is 10.1. The van der Waals surface area contributed by atoms with E-state index >= 15 is 0 Å². The molecule has 1 amide bonds. The highest BCUT2D eigenvalue weighted by Crippen LogP contribution is 2.32. The number of nitrogens with zero attached hydrogens (tertiary/aromatic N) is 3. The molecule has 2 aliphatic heterocycles. The van der Waals surface area contributed by atoms with Crippen molar-refractivity contribution in [2.45, 2.75) is 30.6 Å². The van der Waals surface area contributed by atoms with Gasteiger partial charge in [-0.1, -0.05) is 18.6 Å². The van der Waals surface area contributed by atoms with Crippen LogP contribution in [0.2, 0.25) is 0 Å². The Morgan fingerprint density at radius 1 is 0.971 bits per heavy atom. The van der Waals surface area contributed by atoms with Gasteiger partial charge >= 0.3 is 0 Å². The summed E-state index contributed by atoms with van der Waals surface area (Å²) < 4.78 is 33.4. The van der Waals surface area contributed by atoms with Crippen molar-refractivity contribution < 1.29 is 17.9 Å². The molecule has 0 unspecified atom stereocenters. The summed E-state index contributed by atoms with van der Waals surface area (Å²) >= 11 is 0. The summed E-state index contributed by atoms with van der Waals surface area (Å²) in [6, 6.07) is 12.5. The number of amides is 1. The highest BCUT2D eigenvalue weighted by atomic mass is 32.2. The second-order valence-electron chi connectivity index (χ2n) is 9.01. The maximum atomic E-state index is 13.3. The molecule has 0 spiro atoms. The second kappa shape index (κ2) is 10.8. The average molecular weight is 487 g/mol. The van der Waals surface area contributed by atoms with E-state index in [2.05, 4.69) is 22.2 Å². The Kier molecular flexibility index (Phi) is 7.75. The lowest BCUT2D eigenvalue weighted by Gasteiger charge is -2.35. The minimum absolute atomic E-state index is 0.169. The Hall–Kier alpha value is -2.62. The van der Waals surface area contributed by atoms with Gasteiger partial charge in [0.05, 0.1) is 29.8 Å². The van der Waals surface area contributed by atoms with Gasteiger partial charge in [-0.25, -0.2) is 8.42 Å². The van der Waals surface area contributed by atoms with Gasteiger partial charge < -0.3 is 19.9 Å². The number of rotatable bonds is 7. The Morgan fingerprint density at radius 2 is 1.71 bits per heavy atom. The van der Waals surface area contributed by atoms with Crippen LogP contribution in [0.5, 0.6) is 5.75 Å². The SMILES string of the molecule is COc1cccc(CC(=O)Nc2cc(S(=O)(=O)N3CCCCC3)ccc2N2CCN(C)CC2)c1. The molecule has 9 heteroatoms. The van der Waals surface area contributed by atoms with Crippen LogP contribution in [0.25, 0.3) is 0 Å². The second-order valence-corrected chi connectivity index (χ2v) is 10.9. The molecule has 2 fully saturated rings. The Bertz CT molecular complexity index is 1110. The number of ether oxygens (including phenoxy) is 1. The minimum atomic E-state index is -3.61. The largest absolute Gasteiger partial charge is 0.497 e. The molecule has 0 atom stereocenters. The zero-order valence-corrected chi connectivity index (χ0v) is 20.8. The van der Waals surface area contributed by atoms with Gasteiger partial charge in [-0.2, -0.15) is 4.31 Å². The fourth-order valence-corrected chi connectivity index (χ4v) is 6.06. The molecule has 1 N–H and O–H groups in total. The number of methoxy groups -OCH3 is 1. The smallest absolute Gasteiger partial charge is 0.243 e. The quantitative estimate of drug-likeness (QED) is 0.648. The number of likely N-dealkylation sites (N-methyl/N-ethyl adjacent to an activating group) is 1. The van der Waals surface area contributed by atoms with Crippen molar-refractivity contribution in [3.05, 3.63) is 48.0 Å². The van der Waals surface area contributed by atoms with Gasteiger partial charge in [-0.3, -0.25) is 4.79 Å². The first-order chi connectivity index (χ1) is 16.4. The number of piperazine rings is 1. The van der Waals surface area contributed by atoms with E-state index in [1.807, 2.05) is 30.3 Å². The number of hydrogen-bond acceptors (Lipinski definition) is 6. The van der Waals surface area contributed by atoms with Crippen molar-refractivity contribution >= 4 is 27.3 Å². The van der Waals surface area contributed by atoms with Gasteiger partial charge in [-0.15, -0.1) is 0 Å². The highest BCUT2D eigenvalue weighted by molar-refractivity contribution is 7.89. The molecule has 34 heavy (non-hydrogen) atoms. The van der Waals surface area contributed by atoms with Crippen molar-refractivity contribution in [1.82, 2.24) is 9.21 Å². The molecule has 0 bridgehead atoms. The van der Waals surface area contributed by atoms with Crippen LogP contribution in [-0.4, -0.2) is 77.0 Å². The number of nitrogens with one attached hydrogen (secondary N) is 1. The van der Waals surface area contributed by atoms with E-state index in [-0.39, 0.29) is 17.2 Å². The number of piperidine rings is 1. The maximum Gasteiger partial charge on any atom is 0.243 e. The van der Waals surface area contributed by atoms with Gasteiger partial charge in [0, 0.05) is 39.3 Å². The monoisotopic (exact) mass is 486 g/mol. The molecule has 2 aromatic rings. The summed E-state index contributed by atoms with van der Waals surface area (Å²) in [5, 5.41) is 3.00. The third kappa shape index (κ3) is 5.71. The lowest BCUT2D eigenvalue weighted by molar-refractivity contribution is -0.115. The van der Waals surface area contributed by atoms with Crippen LogP contribution < -0.4 is 15.0 Å². The summed E-state index contributed by atoms with van der Waals surface area (Å²) in [5.74, 6) is 0.495. The number of carbonyl (C=O) groups is 1. The molecule has 184 valence electrons. The molecule has 0 aromatic heterocycles. The third-order valence-corrected chi connectivity index (χ3v) is 8.43. The predicted octanol–water partition coefficient (Wildman–Crippen LogP) is 2.80. The van der Waals surface area contributed by atoms with Crippen LogP contribution >= 0.6 is 0 Å². The highest BCUT2D eigenvalue weighted by Gasteiger charge is 2.28. The number of sulfonamides is 1. The molecule has 2 saturated heterocycles.